The summed E-state index contributed by atoms with van der Waals surface area (Å²) in [6.45, 7) is 0. The van der Waals surface area contributed by atoms with Gasteiger partial charge in [0, 0.05) is 43.0 Å². The van der Waals surface area contributed by atoms with Crippen molar-refractivity contribution >= 4 is 17.2 Å². The van der Waals surface area contributed by atoms with Crippen LogP contribution in [-0.4, -0.2) is 40.1 Å². The van der Waals surface area contributed by atoms with Crippen molar-refractivity contribution in [2.24, 2.45) is 7.05 Å². The number of aryl methyl sites for hydroxylation is 1. The third kappa shape index (κ3) is 3.56. The highest BCUT2D eigenvalue weighted by atomic mass is 19.3. The summed E-state index contributed by atoms with van der Waals surface area (Å²) in [5.74, 6) is -0.574. The second-order valence-corrected chi connectivity index (χ2v) is 7.67. The Morgan fingerprint density at radius 2 is 1.94 bits per heavy atom. The quantitative estimate of drug-likeness (QED) is 0.526. The standard InChI is InChI=1S/C20H20F2N8O/c1-28-11-16(17(27-28)18(21)22)26-20(31)13-6-23-19-15(8-25-30(19)10-13)12-7-24-29(9-12)14-4-2-3-5-14/h6-11,14,18H,2-5H2,1H3,(H,26,31). The number of rotatable bonds is 5. The SMILES string of the molecule is Cn1cc(NC(=O)c2cnc3c(-c4cnn(C5CCCC5)c4)cnn3c2)c(C(F)F)n1. The Bertz CT molecular complexity index is 1250. The van der Waals surface area contributed by atoms with Crippen molar-refractivity contribution in [1.29, 1.82) is 0 Å². The van der Waals surface area contributed by atoms with E-state index in [9.17, 15) is 13.6 Å². The number of fused-ring (bicyclic) bond motifs is 1. The Kier molecular flexibility index (Phi) is 4.72. The minimum atomic E-state index is -2.80. The number of nitrogens with one attached hydrogen (secondary N) is 1. The number of carbonyl (C=O) groups excluding carboxylic acids is 1. The molecule has 4 heterocycles. The van der Waals surface area contributed by atoms with Crippen LogP contribution in [0.2, 0.25) is 0 Å². The maximum Gasteiger partial charge on any atom is 0.284 e. The molecule has 31 heavy (non-hydrogen) atoms. The molecule has 5 rings (SSSR count). The number of halogens is 2. The van der Waals surface area contributed by atoms with Gasteiger partial charge < -0.3 is 5.32 Å². The largest absolute Gasteiger partial charge is 0.319 e. The van der Waals surface area contributed by atoms with E-state index < -0.39 is 18.0 Å². The molecule has 4 aromatic heterocycles. The fourth-order valence-electron chi connectivity index (χ4n) is 4.00. The molecule has 1 fully saturated rings. The topological polar surface area (TPSA) is 94.9 Å². The molecule has 160 valence electrons. The fraction of sp³-hybridized carbons (Fsp3) is 0.350. The summed E-state index contributed by atoms with van der Waals surface area (Å²) in [5, 5.41) is 15.0. The average Bonchev–Trinajstić information content (AvgIpc) is 3.52. The third-order valence-electron chi connectivity index (χ3n) is 5.54. The molecule has 0 unspecified atom stereocenters. The molecule has 0 aliphatic heterocycles. The second-order valence-electron chi connectivity index (χ2n) is 7.67. The molecule has 0 aromatic carbocycles. The van der Waals surface area contributed by atoms with Gasteiger partial charge in [-0.25, -0.2) is 18.3 Å². The van der Waals surface area contributed by atoms with Crippen LogP contribution in [0.4, 0.5) is 14.5 Å². The molecule has 4 aromatic rings. The third-order valence-corrected chi connectivity index (χ3v) is 5.54. The van der Waals surface area contributed by atoms with Gasteiger partial charge in [-0.15, -0.1) is 0 Å². The zero-order valence-electron chi connectivity index (χ0n) is 16.7. The molecular formula is C20H20F2N8O. The van der Waals surface area contributed by atoms with Crippen molar-refractivity contribution in [2.45, 2.75) is 38.2 Å². The first-order valence-corrected chi connectivity index (χ1v) is 10.0. The minimum Gasteiger partial charge on any atom is -0.319 e. The number of aromatic nitrogens is 7. The monoisotopic (exact) mass is 426 g/mol. The van der Waals surface area contributed by atoms with Crippen molar-refractivity contribution in [3.63, 3.8) is 0 Å². The summed E-state index contributed by atoms with van der Waals surface area (Å²) in [5.41, 5.74) is 1.96. The molecule has 0 spiro atoms. The lowest BCUT2D eigenvalue weighted by Crippen LogP contribution is -2.14. The molecule has 1 aliphatic carbocycles. The lowest BCUT2D eigenvalue weighted by Gasteiger charge is -2.08. The normalized spacial score (nSPS) is 14.7. The summed E-state index contributed by atoms with van der Waals surface area (Å²) >= 11 is 0. The Hall–Kier alpha value is -3.63. The molecule has 1 saturated carbocycles. The first kappa shape index (κ1) is 19.3. The van der Waals surface area contributed by atoms with E-state index in [1.807, 2.05) is 10.9 Å². The number of alkyl halides is 2. The van der Waals surface area contributed by atoms with E-state index in [0.717, 1.165) is 24.0 Å². The summed E-state index contributed by atoms with van der Waals surface area (Å²) in [6.07, 6.45) is 11.6. The van der Waals surface area contributed by atoms with E-state index >= 15 is 0 Å². The van der Waals surface area contributed by atoms with Gasteiger partial charge in [0.2, 0.25) is 0 Å². The lowest BCUT2D eigenvalue weighted by molar-refractivity contribution is 0.102. The maximum atomic E-state index is 13.1. The predicted octanol–water partition coefficient (Wildman–Crippen LogP) is 3.63. The Balaban J connectivity index is 1.40. The van der Waals surface area contributed by atoms with Crippen LogP contribution in [0.5, 0.6) is 0 Å². The minimum absolute atomic E-state index is 0.0388. The van der Waals surface area contributed by atoms with E-state index in [-0.39, 0.29) is 11.3 Å². The van der Waals surface area contributed by atoms with E-state index in [1.54, 1.807) is 12.4 Å². The fourth-order valence-corrected chi connectivity index (χ4v) is 4.00. The van der Waals surface area contributed by atoms with Crippen LogP contribution in [0.1, 0.15) is 54.2 Å². The van der Waals surface area contributed by atoms with Crippen LogP contribution in [-0.2, 0) is 7.05 Å². The summed E-state index contributed by atoms with van der Waals surface area (Å²) in [6, 6.07) is 0.435. The maximum absolute atomic E-state index is 13.1. The predicted molar refractivity (Wildman–Crippen MR) is 108 cm³/mol. The smallest absolute Gasteiger partial charge is 0.284 e. The highest BCUT2D eigenvalue weighted by Gasteiger charge is 2.21. The van der Waals surface area contributed by atoms with Gasteiger partial charge in [0.1, 0.15) is 0 Å². The van der Waals surface area contributed by atoms with Gasteiger partial charge in [-0.1, -0.05) is 12.8 Å². The van der Waals surface area contributed by atoms with E-state index in [1.165, 1.54) is 47.7 Å². The van der Waals surface area contributed by atoms with E-state index in [0.29, 0.717) is 11.7 Å². The molecular weight excluding hydrogens is 406 g/mol. The van der Waals surface area contributed by atoms with Crippen LogP contribution < -0.4 is 5.32 Å². The Morgan fingerprint density at radius 3 is 2.71 bits per heavy atom. The van der Waals surface area contributed by atoms with Crippen LogP contribution >= 0.6 is 0 Å². The van der Waals surface area contributed by atoms with Gasteiger partial charge in [-0.3, -0.25) is 14.2 Å². The Labute approximate surface area is 175 Å². The van der Waals surface area contributed by atoms with Crippen molar-refractivity contribution in [2.75, 3.05) is 5.32 Å². The Morgan fingerprint density at radius 1 is 1.13 bits per heavy atom. The van der Waals surface area contributed by atoms with Gasteiger partial charge in [0.05, 0.1) is 29.7 Å². The molecule has 0 radical (unpaired) electrons. The van der Waals surface area contributed by atoms with E-state index in [2.05, 4.69) is 25.6 Å². The molecule has 11 heteroatoms. The van der Waals surface area contributed by atoms with Crippen LogP contribution in [0, 0.1) is 0 Å². The van der Waals surface area contributed by atoms with Crippen LogP contribution in [0.15, 0.2) is 37.2 Å². The van der Waals surface area contributed by atoms with Crippen molar-refractivity contribution < 1.29 is 13.6 Å². The van der Waals surface area contributed by atoms with Gasteiger partial charge in [-0.2, -0.15) is 15.3 Å². The second kappa shape index (κ2) is 7.56. The van der Waals surface area contributed by atoms with Gasteiger partial charge in [0.15, 0.2) is 11.3 Å². The van der Waals surface area contributed by atoms with Crippen molar-refractivity contribution in [3.05, 3.63) is 48.4 Å². The van der Waals surface area contributed by atoms with Crippen molar-refractivity contribution in [3.8, 4) is 11.1 Å². The molecule has 1 amide bonds. The molecule has 0 bridgehead atoms. The van der Waals surface area contributed by atoms with E-state index in [4.69, 9.17) is 0 Å². The van der Waals surface area contributed by atoms with Crippen LogP contribution in [0.3, 0.4) is 0 Å². The van der Waals surface area contributed by atoms with Crippen LogP contribution in [0.25, 0.3) is 16.8 Å². The number of amides is 1. The van der Waals surface area contributed by atoms with Gasteiger partial charge in [-0.05, 0) is 12.8 Å². The molecule has 0 atom stereocenters. The summed E-state index contributed by atoms with van der Waals surface area (Å²) in [7, 11) is 1.51. The number of anilines is 1. The van der Waals surface area contributed by atoms with Crippen molar-refractivity contribution in [1.82, 2.24) is 34.2 Å². The molecule has 9 nitrogen and oxygen atoms in total. The highest BCUT2D eigenvalue weighted by Crippen LogP contribution is 2.31. The number of hydrogen-bond acceptors (Lipinski definition) is 5. The number of nitrogens with zero attached hydrogens (tertiary/aromatic N) is 7. The molecule has 1 N–H and O–H groups in total. The number of hydrogen-bond donors (Lipinski definition) is 1. The summed E-state index contributed by atoms with van der Waals surface area (Å²) < 4.78 is 30.9. The molecule has 0 saturated heterocycles. The first-order valence-electron chi connectivity index (χ1n) is 10.0. The lowest BCUT2D eigenvalue weighted by atomic mass is 10.2. The zero-order valence-corrected chi connectivity index (χ0v) is 16.7. The molecule has 1 aliphatic rings. The highest BCUT2D eigenvalue weighted by molar-refractivity contribution is 6.04. The average molecular weight is 426 g/mol. The van der Waals surface area contributed by atoms with Gasteiger partial charge in [0.25, 0.3) is 12.3 Å². The zero-order chi connectivity index (χ0) is 21.5. The summed E-state index contributed by atoms with van der Waals surface area (Å²) in [4.78, 5) is 17.0. The number of carbonyl (C=O) groups is 1. The van der Waals surface area contributed by atoms with Gasteiger partial charge >= 0.3 is 0 Å². The first-order chi connectivity index (χ1) is 15.0.